The lowest BCUT2D eigenvalue weighted by Crippen LogP contribution is -2.37. The number of nitrogens with zero attached hydrogens (tertiary/aromatic N) is 2. The van der Waals surface area contributed by atoms with Crippen molar-refractivity contribution in [2.45, 2.75) is 37.6 Å². The van der Waals surface area contributed by atoms with Crippen molar-refractivity contribution < 1.29 is 8.42 Å². The molecule has 0 aliphatic heterocycles. The zero-order valence-corrected chi connectivity index (χ0v) is 12.1. The van der Waals surface area contributed by atoms with E-state index in [-0.39, 0.29) is 4.90 Å². The second kappa shape index (κ2) is 5.98. The van der Waals surface area contributed by atoms with Crippen molar-refractivity contribution in [3.8, 4) is 0 Å². The molecule has 106 valence electrons. The van der Waals surface area contributed by atoms with Gasteiger partial charge in [0, 0.05) is 25.8 Å². The first-order valence-corrected chi connectivity index (χ1v) is 8.17. The van der Waals surface area contributed by atoms with Crippen LogP contribution in [0.2, 0.25) is 0 Å². The third-order valence-corrected chi connectivity index (χ3v) is 5.61. The van der Waals surface area contributed by atoms with Crippen LogP contribution in [0.3, 0.4) is 0 Å². The molecule has 0 aromatic carbocycles. The van der Waals surface area contributed by atoms with Gasteiger partial charge in [-0.15, -0.1) is 0 Å². The van der Waals surface area contributed by atoms with Crippen LogP contribution in [0.4, 0.5) is 0 Å². The zero-order chi connectivity index (χ0) is 13.9. The van der Waals surface area contributed by atoms with E-state index in [1.807, 2.05) is 6.92 Å². The van der Waals surface area contributed by atoms with Crippen LogP contribution >= 0.6 is 0 Å². The fourth-order valence-corrected chi connectivity index (χ4v) is 3.66. The molecule has 0 radical (unpaired) electrons. The van der Waals surface area contributed by atoms with Gasteiger partial charge in [0.15, 0.2) is 0 Å². The molecule has 1 aromatic rings. The van der Waals surface area contributed by atoms with Crippen molar-refractivity contribution in [2.75, 3.05) is 13.1 Å². The van der Waals surface area contributed by atoms with E-state index < -0.39 is 10.0 Å². The molecule has 0 unspecified atom stereocenters. The monoisotopic (exact) mass is 283 g/mol. The average Bonchev–Trinajstić information content (AvgIpc) is 2.37. The Hall–Kier alpha value is -0.980. The third kappa shape index (κ3) is 3.13. The van der Waals surface area contributed by atoms with Crippen molar-refractivity contribution in [3.05, 3.63) is 24.0 Å². The second-order valence-corrected chi connectivity index (χ2v) is 6.88. The van der Waals surface area contributed by atoms with E-state index in [0.29, 0.717) is 31.2 Å². The fourth-order valence-electron chi connectivity index (χ4n) is 2.19. The molecule has 1 saturated carbocycles. The maximum Gasteiger partial charge on any atom is 0.244 e. The van der Waals surface area contributed by atoms with Crippen LogP contribution in [0, 0.1) is 5.92 Å². The predicted molar refractivity (Wildman–Crippen MR) is 73.9 cm³/mol. The van der Waals surface area contributed by atoms with Gasteiger partial charge in [-0.05, 0) is 30.9 Å². The highest BCUT2D eigenvalue weighted by Crippen LogP contribution is 2.28. The van der Waals surface area contributed by atoms with Crippen molar-refractivity contribution in [1.82, 2.24) is 9.29 Å². The van der Waals surface area contributed by atoms with Crippen LogP contribution < -0.4 is 5.73 Å². The van der Waals surface area contributed by atoms with Crippen LogP contribution in [0.25, 0.3) is 0 Å². The molecule has 0 spiro atoms. The highest BCUT2D eigenvalue weighted by molar-refractivity contribution is 7.89. The van der Waals surface area contributed by atoms with E-state index in [4.69, 9.17) is 5.73 Å². The number of hydrogen-bond donors (Lipinski definition) is 1. The molecular weight excluding hydrogens is 262 g/mol. The summed E-state index contributed by atoms with van der Waals surface area (Å²) in [7, 11) is -3.42. The fraction of sp³-hybridized carbons (Fsp3) is 0.615. The molecule has 0 saturated heterocycles. The molecule has 5 nitrogen and oxygen atoms in total. The Morgan fingerprint density at radius 3 is 2.58 bits per heavy atom. The predicted octanol–water partition coefficient (Wildman–Crippen LogP) is 1.35. The smallest absolute Gasteiger partial charge is 0.244 e. The molecule has 1 aliphatic rings. The maximum absolute atomic E-state index is 12.5. The SMILES string of the molecule is CCN(CC1CCC1)S(=O)(=O)c1ccc(CN)nc1. The summed E-state index contributed by atoms with van der Waals surface area (Å²) in [6.45, 7) is 3.31. The van der Waals surface area contributed by atoms with Gasteiger partial charge in [0.2, 0.25) is 10.0 Å². The van der Waals surface area contributed by atoms with E-state index in [9.17, 15) is 8.42 Å². The molecule has 6 heteroatoms. The summed E-state index contributed by atoms with van der Waals surface area (Å²) in [5, 5.41) is 0. The van der Waals surface area contributed by atoms with E-state index >= 15 is 0 Å². The van der Waals surface area contributed by atoms with E-state index in [2.05, 4.69) is 4.98 Å². The minimum absolute atomic E-state index is 0.255. The average molecular weight is 283 g/mol. The molecule has 0 bridgehead atoms. The van der Waals surface area contributed by atoms with Gasteiger partial charge in [-0.25, -0.2) is 8.42 Å². The minimum atomic E-state index is -3.42. The quantitative estimate of drug-likeness (QED) is 0.855. The van der Waals surface area contributed by atoms with Gasteiger partial charge >= 0.3 is 0 Å². The highest BCUT2D eigenvalue weighted by atomic mass is 32.2. The number of nitrogens with two attached hydrogens (primary N) is 1. The summed E-state index contributed by atoms with van der Waals surface area (Å²) in [4.78, 5) is 4.32. The lowest BCUT2D eigenvalue weighted by atomic mass is 9.85. The normalized spacial score (nSPS) is 16.6. The molecule has 1 aliphatic carbocycles. The van der Waals surface area contributed by atoms with Gasteiger partial charge in [0.1, 0.15) is 4.90 Å². The van der Waals surface area contributed by atoms with E-state index in [1.165, 1.54) is 12.6 Å². The lowest BCUT2D eigenvalue weighted by molar-refractivity contribution is 0.250. The first-order valence-electron chi connectivity index (χ1n) is 6.73. The van der Waals surface area contributed by atoms with Gasteiger partial charge in [-0.2, -0.15) is 4.31 Å². The van der Waals surface area contributed by atoms with Crippen LogP contribution in [-0.2, 0) is 16.6 Å². The van der Waals surface area contributed by atoms with Crippen LogP contribution in [0.15, 0.2) is 23.2 Å². The van der Waals surface area contributed by atoms with E-state index in [0.717, 1.165) is 12.8 Å². The Morgan fingerprint density at radius 1 is 1.42 bits per heavy atom. The van der Waals surface area contributed by atoms with Gasteiger partial charge in [-0.3, -0.25) is 4.98 Å². The molecule has 0 amide bonds. The Labute approximate surface area is 114 Å². The van der Waals surface area contributed by atoms with E-state index in [1.54, 1.807) is 16.4 Å². The summed E-state index contributed by atoms with van der Waals surface area (Å²) < 4.78 is 26.5. The maximum atomic E-state index is 12.5. The first kappa shape index (κ1) is 14.4. The van der Waals surface area contributed by atoms with Gasteiger partial charge in [0.25, 0.3) is 0 Å². The zero-order valence-electron chi connectivity index (χ0n) is 11.2. The Kier molecular flexibility index (Phi) is 4.54. The minimum Gasteiger partial charge on any atom is -0.325 e. The van der Waals surface area contributed by atoms with Crippen LogP contribution in [0.1, 0.15) is 31.9 Å². The van der Waals surface area contributed by atoms with Gasteiger partial charge in [0.05, 0.1) is 5.69 Å². The molecule has 1 fully saturated rings. The number of pyridine rings is 1. The number of sulfonamides is 1. The first-order chi connectivity index (χ1) is 9.07. The summed E-state index contributed by atoms with van der Waals surface area (Å²) in [6.07, 6.45) is 4.89. The topological polar surface area (TPSA) is 76.3 Å². The Morgan fingerprint density at radius 2 is 2.16 bits per heavy atom. The summed E-state index contributed by atoms with van der Waals surface area (Å²) in [6, 6.07) is 3.26. The molecule has 1 aromatic heterocycles. The third-order valence-electron chi connectivity index (χ3n) is 3.68. The highest BCUT2D eigenvalue weighted by Gasteiger charge is 2.28. The van der Waals surface area contributed by atoms with Gasteiger partial charge < -0.3 is 5.73 Å². The lowest BCUT2D eigenvalue weighted by Gasteiger charge is -2.31. The number of aromatic nitrogens is 1. The van der Waals surface area contributed by atoms with Crippen LogP contribution in [-0.4, -0.2) is 30.8 Å². The van der Waals surface area contributed by atoms with Crippen molar-refractivity contribution in [3.63, 3.8) is 0 Å². The Balaban J connectivity index is 2.17. The molecule has 2 N–H and O–H groups in total. The number of rotatable bonds is 6. The summed E-state index contributed by atoms with van der Waals surface area (Å²) >= 11 is 0. The Bertz CT molecular complexity index is 509. The number of hydrogen-bond acceptors (Lipinski definition) is 4. The summed E-state index contributed by atoms with van der Waals surface area (Å²) in [5.74, 6) is 0.519. The van der Waals surface area contributed by atoms with Crippen LogP contribution in [0.5, 0.6) is 0 Å². The molecular formula is C13H21N3O2S. The molecule has 0 atom stereocenters. The van der Waals surface area contributed by atoms with Crippen molar-refractivity contribution in [2.24, 2.45) is 11.7 Å². The standard InChI is InChI=1S/C13H21N3O2S/c1-2-16(10-11-4-3-5-11)19(17,18)13-7-6-12(8-14)15-9-13/h6-7,9,11H,2-5,8,10,14H2,1H3. The molecule has 1 heterocycles. The van der Waals surface area contributed by atoms with Crippen molar-refractivity contribution in [1.29, 1.82) is 0 Å². The molecule has 2 rings (SSSR count). The largest absolute Gasteiger partial charge is 0.325 e. The molecule has 19 heavy (non-hydrogen) atoms. The van der Waals surface area contributed by atoms with Crippen molar-refractivity contribution >= 4 is 10.0 Å². The summed E-state index contributed by atoms with van der Waals surface area (Å²) in [5.41, 5.74) is 6.16. The second-order valence-electron chi connectivity index (χ2n) is 4.94. The van der Waals surface area contributed by atoms with Gasteiger partial charge in [-0.1, -0.05) is 13.3 Å².